The number of hydrogen-bond donors (Lipinski definition) is 1. The summed E-state index contributed by atoms with van der Waals surface area (Å²) in [5.41, 5.74) is 0.801. The summed E-state index contributed by atoms with van der Waals surface area (Å²) in [5, 5.41) is 8.09. The Kier molecular flexibility index (Phi) is 6.68. The molecular formula is C16H31N3O2. The molecule has 0 fully saturated rings. The summed E-state index contributed by atoms with van der Waals surface area (Å²) in [5.74, 6) is 0.818. The van der Waals surface area contributed by atoms with Crippen molar-refractivity contribution >= 4 is 0 Å². The van der Waals surface area contributed by atoms with Crippen molar-refractivity contribution in [2.45, 2.75) is 65.1 Å². The van der Waals surface area contributed by atoms with Gasteiger partial charge in [0.2, 0.25) is 0 Å². The van der Waals surface area contributed by atoms with Crippen LogP contribution in [0.25, 0.3) is 0 Å². The second-order valence-corrected chi connectivity index (χ2v) is 5.60. The number of methoxy groups -OCH3 is 2. The Morgan fingerprint density at radius 1 is 1.24 bits per heavy atom. The Hall–Kier alpha value is -1.07. The summed E-state index contributed by atoms with van der Waals surface area (Å²) in [6.07, 6.45) is 3.64. The van der Waals surface area contributed by atoms with Crippen LogP contribution in [-0.2, 0) is 4.74 Å². The van der Waals surface area contributed by atoms with Gasteiger partial charge in [0, 0.05) is 13.2 Å². The van der Waals surface area contributed by atoms with Gasteiger partial charge in [0.1, 0.15) is 5.69 Å². The Morgan fingerprint density at radius 2 is 1.86 bits per heavy atom. The predicted molar refractivity (Wildman–Crippen MR) is 85.9 cm³/mol. The summed E-state index contributed by atoms with van der Waals surface area (Å²) in [6.45, 7) is 11.6. The van der Waals surface area contributed by atoms with E-state index in [-0.39, 0.29) is 17.7 Å². The van der Waals surface area contributed by atoms with Crippen molar-refractivity contribution < 1.29 is 9.47 Å². The van der Waals surface area contributed by atoms with E-state index in [1.54, 1.807) is 20.4 Å². The first-order valence-electron chi connectivity index (χ1n) is 7.91. The van der Waals surface area contributed by atoms with Crippen molar-refractivity contribution in [3.63, 3.8) is 0 Å². The van der Waals surface area contributed by atoms with Gasteiger partial charge in [-0.3, -0.25) is 4.68 Å². The highest BCUT2D eigenvalue weighted by Crippen LogP contribution is 2.39. The van der Waals surface area contributed by atoms with Crippen LogP contribution < -0.4 is 10.1 Å². The number of hydrogen-bond acceptors (Lipinski definition) is 4. The molecule has 0 saturated heterocycles. The quantitative estimate of drug-likeness (QED) is 0.759. The van der Waals surface area contributed by atoms with Crippen LogP contribution in [0.5, 0.6) is 5.75 Å². The average molecular weight is 297 g/mol. The Labute approximate surface area is 129 Å². The number of nitrogens with one attached hydrogen (secondary N) is 1. The van der Waals surface area contributed by atoms with Gasteiger partial charge < -0.3 is 14.8 Å². The van der Waals surface area contributed by atoms with E-state index in [0.29, 0.717) is 0 Å². The zero-order valence-electron chi connectivity index (χ0n) is 14.6. The lowest BCUT2D eigenvalue weighted by atomic mass is 9.85. The van der Waals surface area contributed by atoms with Crippen molar-refractivity contribution in [2.75, 3.05) is 20.8 Å². The van der Waals surface area contributed by atoms with Gasteiger partial charge in [-0.1, -0.05) is 20.8 Å². The first-order valence-corrected chi connectivity index (χ1v) is 7.91. The van der Waals surface area contributed by atoms with Crippen LogP contribution in [0.2, 0.25) is 0 Å². The van der Waals surface area contributed by atoms with Gasteiger partial charge in [0.15, 0.2) is 5.75 Å². The molecule has 0 radical (unpaired) electrons. The number of ether oxygens (including phenoxy) is 2. The molecule has 21 heavy (non-hydrogen) atoms. The fourth-order valence-electron chi connectivity index (χ4n) is 3.00. The van der Waals surface area contributed by atoms with Crippen LogP contribution in [0, 0.1) is 0 Å². The fourth-order valence-corrected chi connectivity index (χ4v) is 3.00. The van der Waals surface area contributed by atoms with E-state index in [1.807, 2.05) is 4.68 Å². The first-order chi connectivity index (χ1) is 10.0. The summed E-state index contributed by atoms with van der Waals surface area (Å²) in [7, 11) is 3.49. The fraction of sp³-hybridized carbons (Fsp3) is 0.812. The molecule has 0 aromatic carbocycles. The minimum Gasteiger partial charge on any atom is -0.493 e. The third-order valence-corrected chi connectivity index (χ3v) is 4.32. The van der Waals surface area contributed by atoms with Gasteiger partial charge in [-0.25, -0.2) is 0 Å². The van der Waals surface area contributed by atoms with Crippen molar-refractivity contribution in [1.29, 1.82) is 0 Å². The highest BCUT2D eigenvalue weighted by molar-refractivity contribution is 5.31. The minimum atomic E-state index is -0.268. The summed E-state index contributed by atoms with van der Waals surface area (Å²) in [4.78, 5) is 0. The van der Waals surface area contributed by atoms with Gasteiger partial charge in [0.25, 0.3) is 0 Å². The summed E-state index contributed by atoms with van der Waals surface area (Å²) < 4.78 is 13.5. The van der Waals surface area contributed by atoms with Crippen LogP contribution in [0.4, 0.5) is 0 Å². The molecule has 1 rings (SSSR count). The van der Waals surface area contributed by atoms with Crippen molar-refractivity contribution in [2.24, 2.45) is 0 Å². The maximum absolute atomic E-state index is 5.95. The molecule has 0 saturated carbocycles. The highest BCUT2D eigenvalue weighted by atomic mass is 16.5. The average Bonchev–Trinajstić information content (AvgIpc) is 2.92. The molecule has 5 heteroatoms. The molecule has 5 nitrogen and oxygen atoms in total. The van der Waals surface area contributed by atoms with Crippen LogP contribution in [0.15, 0.2) is 6.20 Å². The maximum Gasteiger partial charge on any atom is 0.161 e. The Bertz CT molecular complexity index is 417. The molecule has 1 atom stereocenters. The monoisotopic (exact) mass is 297 g/mol. The van der Waals surface area contributed by atoms with Crippen molar-refractivity contribution in [3.8, 4) is 5.75 Å². The largest absolute Gasteiger partial charge is 0.493 e. The number of aromatic nitrogens is 2. The van der Waals surface area contributed by atoms with E-state index in [2.05, 4.69) is 45.0 Å². The normalized spacial score (nSPS) is 13.7. The number of nitrogens with zero attached hydrogens (tertiary/aromatic N) is 2. The van der Waals surface area contributed by atoms with Gasteiger partial charge in [-0.2, -0.15) is 5.10 Å². The lowest BCUT2D eigenvalue weighted by molar-refractivity contribution is -0.0510. The standard InChI is InChI=1S/C16H31N3O2/c1-8-16(9-2,21-7)15(17-10-3)14-13(20-6)11-18-19(14)12(4)5/h11-12,15,17H,8-10H2,1-7H3. The van der Waals surface area contributed by atoms with E-state index >= 15 is 0 Å². The molecule has 1 aromatic rings. The molecule has 1 N–H and O–H groups in total. The van der Waals surface area contributed by atoms with Crippen molar-refractivity contribution in [3.05, 3.63) is 11.9 Å². The molecule has 1 unspecified atom stereocenters. The number of rotatable bonds is 9. The maximum atomic E-state index is 5.95. The smallest absolute Gasteiger partial charge is 0.161 e. The second-order valence-electron chi connectivity index (χ2n) is 5.60. The number of likely N-dealkylation sites (N-methyl/N-ethyl adjacent to an activating group) is 1. The van der Waals surface area contributed by atoms with Gasteiger partial charge in [-0.05, 0) is 33.2 Å². The lowest BCUT2D eigenvalue weighted by Crippen LogP contribution is -2.46. The minimum absolute atomic E-state index is 0.0438. The van der Waals surface area contributed by atoms with Crippen LogP contribution in [0.3, 0.4) is 0 Å². The van der Waals surface area contributed by atoms with Gasteiger partial charge in [0.05, 0.1) is 24.9 Å². The predicted octanol–water partition coefficient (Wildman–Crippen LogP) is 3.33. The molecular weight excluding hydrogens is 266 g/mol. The molecule has 1 heterocycles. The van der Waals surface area contributed by atoms with Crippen LogP contribution in [-0.4, -0.2) is 36.1 Å². The van der Waals surface area contributed by atoms with Crippen molar-refractivity contribution in [1.82, 2.24) is 15.1 Å². The molecule has 0 aliphatic rings. The molecule has 0 aliphatic carbocycles. The van der Waals surface area contributed by atoms with Crippen LogP contribution >= 0.6 is 0 Å². The third-order valence-electron chi connectivity index (χ3n) is 4.32. The first kappa shape index (κ1) is 18.0. The molecule has 1 aromatic heterocycles. The lowest BCUT2D eigenvalue weighted by Gasteiger charge is -2.39. The van der Waals surface area contributed by atoms with E-state index in [0.717, 1.165) is 30.8 Å². The van der Waals surface area contributed by atoms with Gasteiger partial charge in [-0.15, -0.1) is 0 Å². The Balaban J connectivity index is 3.43. The molecule has 0 amide bonds. The molecule has 0 aliphatic heterocycles. The topological polar surface area (TPSA) is 48.3 Å². The van der Waals surface area contributed by atoms with Gasteiger partial charge >= 0.3 is 0 Å². The van der Waals surface area contributed by atoms with E-state index in [1.165, 1.54) is 0 Å². The SMILES string of the molecule is CCNC(c1c(OC)cnn1C(C)C)C(CC)(CC)OC. The zero-order valence-corrected chi connectivity index (χ0v) is 14.6. The van der Waals surface area contributed by atoms with E-state index < -0.39 is 0 Å². The van der Waals surface area contributed by atoms with Crippen LogP contribution in [0.1, 0.15) is 65.2 Å². The Morgan fingerprint density at radius 3 is 2.24 bits per heavy atom. The molecule has 122 valence electrons. The second kappa shape index (κ2) is 7.80. The highest BCUT2D eigenvalue weighted by Gasteiger charge is 2.40. The van der Waals surface area contributed by atoms with E-state index in [9.17, 15) is 0 Å². The third kappa shape index (κ3) is 3.40. The zero-order chi connectivity index (χ0) is 16.0. The molecule has 0 bridgehead atoms. The summed E-state index contributed by atoms with van der Waals surface area (Å²) in [6, 6.07) is 0.315. The van der Waals surface area contributed by atoms with E-state index in [4.69, 9.17) is 9.47 Å². The summed E-state index contributed by atoms with van der Waals surface area (Å²) >= 11 is 0. The molecule has 0 spiro atoms.